The van der Waals surface area contributed by atoms with Crippen LogP contribution in [0.5, 0.6) is 0 Å². The van der Waals surface area contributed by atoms with Gasteiger partial charge in [0, 0.05) is 44.3 Å². The van der Waals surface area contributed by atoms with Gasteiger partial charge in [0.15, 0.2) is 0 Å². The molecule has 2 aromatic heterocycles. The average Bonchev–Trinajstić information content (AvgIpc) is 3.21. The minimum absolute atomic E-state index is 0.0744. The maximum atomic E-state index is 13.1. The molecule has 1 fully saturated rings. The zero-order valence-electron chi connectivity index (χ0n) is 15.5. The van der Waals surface area contributed by atoms with E-state index in [1.165, 1.54) is 0 Å². The van der Waals surface area contributed by atoms with Gasteiger partial charge in [-0.3, -0.25) is 14.6 Å². The minimum atomic E-state index is -0.190. The van der Waals surface area contributed by atoms with Crippen molar-refractivity contribution in [3.63, 3.8) is 0 Å². The molecule has 0 radical (unpaired) electrons. The van der Waals surface area contributed by atoms with Gasteiger partial charge in [-0.1, -0.05) is 17.7 Å². The van der Waals surface area contributed by atoms with Crippen LogP contribution < -0.4 is 10.2 Å². The predicted molar refractivity (Wildman–Crippen MR) is 105 cm³/mol. The highest BCUT2D eigenvalue weighted by atomic mass is 16.2. The van der Waals surface area contributed by atoms with Gasteiger partial charge in [-0.15, -0.1) is 0 Å². The highest BCUT2D eigenvalue weighted by Crippen LogP contribution is 2.36. The number of aryl methyl sites for hydroxylation is 2. The monoisotopic (exact) mass is 362 g/mol. The predicted octanol–water partition coefficient (Wildman–Crippen LogP) is 2.94. The van der Waals surface area contributed by atoms with Crippen molar-refractivity contribution < 1.29 is 9.59 Å². The van der Waals surface area contributed by atoms with Gasteiger partial charge in [0.1, 0.15) is 5.69 Å². The van der Waals surface area contributed by atoms with E-state index in [2.05, 4.69) is 10.3 Å². The van der Waals surface area contributed by atoms with Crippen LogP contribution in [0.25, 0.3) is 10.9 Å². The summed E-state index contributed by atoms with van der Waals surface area (Å²) in [4.78, 5) is 31.4. The third kappa shape index (κ3) is 3.07. The third-order valence-electron chi connectivity index (χ3n) is 5.06. The maximum absolute atomic E-state index is 13.1. The smallest absolute Gasteiger partial charge is 0.270 e. The van der Waals surface area contributed by atoms with Crippen molar-refractivity contribution in [2.45, 2.75) is 26.3 Å². The van der Waals surface area contributed by atoms with E-state index in [4.69, 9.17) is 0 Å². The molecule has 27 heavy (non-hydrogen) atoms. The van der Waals surface area contributed by atoms with Crippen LogP contribution in [0.3, 0.4) is 0 Å². The Bertz CT molecular complexity index is 1020. The number of amides is 2. The quantitative estimate of drug-likeness (QED) is 0.776. The molecule has 0 unspecified atom stereocenters. The number of pyridine rings is 1. The lowest BCUT2D eigenvalue weighted by atomic mass is 10.1. The van der Waals surface area contributed by atoms with E-state index >= 15 is 0 Å². The topological polar surface area (TPSA) is 67.2 Å². The molecule has 1 aliphatic heterocycles. The summed E-state index contributed by atoms with van der Waals surface area (Å²) in [6.07, 6.45) is 4.78. The summed E-state index contributed by atoms with van der Waals surface area (Å²) >= 11 is 0. The molecule has 0 bridgehead atoms. The highest BCUT2D eigenvalue weighted by molar-refractivity contribution is 6.14. The standard InChI is InChI=1S/C21H22N4O2/c1-14-7-8-17-16(11-14)19(25-10-4-6-18(25)26)20(24(17)2)21(27)23-13-15-5-3-9-22-12-15/h3,5,7-9,11-12H,4,6,10,13H2,1-2H3,(H,23,27). The summed E-state index contributed by atoms with van der Waals surface area (Å²) in [7, 11) is 1.88. The molecule has 4 rings (SSSR count). The Labute approximate surface area is 157 Å². The van der Waals surface area contributed by atoms with Crippen LogP contribution in [0.1, 0.15) is 34.5 Å². The first-order chi connectivity index (χ1) is 13.1. The number of anilines is 1. The lowest BCUT2D eigenvalue weighted by molar-refractivity contribution is -0.117. The number of benzene rings is 1. The molecular formula is C21H22N4O2. The van der Waals surface area contributed by atoms with Gasteiger partial charge in [-0.25, -0.2) is 0 Å². The molecular weight excluding hydrogens is 340 g/mol. The first kappa shape index (κ1) is 17.3. The molecule has 3 aromatic rings. The minimum Gasteiger partial charge on any atom is -0.347 e. The van der Waals surface area contributed by atoms with E-state index in [9.17, 15) is 9.59 Å². The van der Waals surface area contributed by atoms with Gasteiger partial charge < -0.3 is 14.8 Å². The molecule has 0 atom stereocenters. The molecule has 1 N–H and O–H groups in total. The van der Waals surface area contributed by atoms with Crippen LogP contribution in [0, 0.1) is 6.92 Å². The van der Waals surface area contributed by atoms with Gasteiger partial charge in [0.05, 0.1) is 11.2 Å². The molecule has 3 heterocycles. The molecule has 6 nitrogen and oxygen atoms in total. The maximum Gasteiger partial charge on any atom is 0.270 e. The number of carbonyl (C=O) groups is 2. The second-order valence-electron chi connectivity index (χ2n) is 6.97. The van der Waals surface area contributed by atoms with Crippen molar-refractivity contribution in [1.82, 2.24) is 14.9 Å². The number of carbonyl (C=O) groups excluding carboxylic acids is 2. The molecule has 0 spiro atoms. The summed E-state index contributed by atoms with van der Waals surface area (Å²) in [5, 5.41) is 3.92. The zero-order valence-corrected chi connectivity index (χ0v) is 15.5. The molecule has 0 saturated carbocycles. The molecule has 6 heteroatoms. The SMILES string of the molecule is Cc1ccc2c(c1)c(N1CCCC1=O)c(C(=O)NCc1cccnc1)n2C. The Morgan fingerprint density at radius 3 is 2.85 bits per heavy atom. The fraction of sp³-hybridized carbons (Fsp3) is 0.286. The number of nitrogens with one attached hydrogen (secondary N) is 1. The molecule has 138 valence electrons. The van der Waals surface area contributed by atoms with E-state index in [0.29, 0.717) is 25.2 Å². The molecule has 1 saturated heterocycles. The number of rotatable bonds is 4. The van der Waals surface area contributed by atoms with Crippen molar-refractivity contribution >= 4 is 28.4 Å². The van der Waals surface area contributed by atoms with Gasteiger partial charge in [0.25, 0.3) is 5.91 Å². The number of fused-ring (bicyclic) bond motifs is 1. The Morgan fingerprint density at radius 1 is 1.30 bits per heavy atom. The van der Waals surface area contributed by atoms with Crippen molar-refractivity contribution in [2.75, 3.05) is 11.4 Å². The lowest BCUT2D eigenvalue weighted by Gasteiger charge is -2.18. The first-order valence-corrected chi connectivity index (χ1v) is 9.13. The summed E-state index contributed by atoms with van der Waals surface area (Å²) in [6.45, 7) is 3.06. The summed E-state index contributed by atoms with van der Waals surface area (Å²) in [5.41, 5.74) is 4.22. The van der Waals surface area contributed by atoms with Crippen molar-refractivity contribution in [3.05, 3.63) is 59.5 Å². The Balaban J connectivity index is 1.77. The van der Waals surface area contributed by atoms with Gasteiger partial charge in [-0.2, -0.15) is 0 Å². The Morgan fingerprint density at radius 2 is 2.15 bits per heavy atom. The van der Waals surface area contributed by atoms with Crippen LogP contribution in [0.4, 0.5) is 5.69 Å². The van der Waals surface area contributed by atoms with Gasteiger partial charge in [-0.05, 0) is 37.1 Å². The van der Waals surface area contributed by atoms with Crippen LogP contribution in [0.2, 0.25) is 0 Å². The van der Waals surface area contributed by atoms with Crippen molar-refractivity contribution in [2.24, 2.45) is 7.05 Å². The van der Waals surface area contributed by atoms with Crippen LogP contribution in [0.15, 0.2) is 42.7 Å². The number of nitrogens with zero attached hydrogens (tertiary/aromatic N) is 3. The fourth-order valence-corrected chi connectivity index (χ4v) is 3.73. The van der Waals surface area contributed by atoms with E-state index in [-0.39, 0.29) is 11.8 Å². The number of aromatic nitrogens is 2. The highest BCUT2D eigenvalue weighted by Gasteiger charge is 2.31. The zero-order chi connectivity index (χ0) is 19.0. The second-order valence-corrected chi connectivity index (χ2v) is 6.97. The summed E-state index contributed by atoms with van der Waals surface area (Å²) < 4.78 is 1.88. The Hall–Kier alpha value is -3.15. The van der Waals surface area contributed by atoms with Gasteiger partial charge >= 0.3 is 0 Å². The lowest BCUT2D eigenvalue weighted by Crippen LogP contribution is -2.30. The van der Waals surface area contributed by atoms with Crippen LogP contribution >= 0.6 is 0 Å². The van der Waals surface area contributed by atoms with E-state index in [1.807, 2.05) is 48.9 Å². The Kier molecular flexibility index (Phi) is 4.39. The van der Waals surface area contributed by atoms with Crippen molar-refractivity contribution in [3.8, 4) is 0 Å². The van der Waals surface area contributed by atoms with E-state index in [0.717, 1.165) is 34.1 Å². The first-order valence-electron chi connectivity index (χ1n) is 9.13. The molecule has 1 aromatic carbocycles. The summed E-state index contributed by atoms with van der Waals surface area (Å²) in [5.74, 6) is -0.116. The summed E-state index contributed by atoms with van der Waals surface area (Å²) in [6, 6.07) is 9.84. The largest absolute Gasteiger partial charge is 0.347 e. The third-order valence-corrected chi connectivity index (χ3v) is 5.06. The molecule has 0 aliphatic carbocycles. The average molecular weight is 362 g/mol. The molecule has 2 amide bonds. The van der Waals surface area contributed by atoms with Crippen LogP contribution in [-0.4, -0.2) is 27.9 Å². The number of hydrogen-bond donors (Lipinski definition) is 1. The molecule has 1 aliphatic rings. The normalized spacial score (nSPS) is 14.1. The second kappa shape index (κ2) is 6.87. The van der Waals surface area contributed by atoms with E-state index in [1.54, 1.807) is 17.3 Å². The number of hydrogen-bond acceptors (Lipinski definition) is 3. The van der Waals surface area contributed by atoms with Gasteiger partial charge in [0.2, 0.25) is 5.91 Å². The van der Waals surface area contributed by atoms with Crippen molar-refractivity contribution in [1.29, 1.82) is 0 Å². The van der Waals surface area contributed by atoms with E-state index < -0.39 is 0 Å². The van der Waals surface area contributed by atoms with Crippen LogP contribution in [-0.2, 0) is 18.4 Å². The fourth-order valence-electron chi connectivity index (χ4n) is 3.73.